The molecule has 0 radical (unpaired) electrons. The van der Waals surface area contributed by atoms with Crippen molar-refractivity contribution in [3.8, 4) is 0 Å². The van der Waals surface area contributed by atoms with Crippen LogP contribution in [0.3, 0.4) is 0 Å². The normalized spacial score (nSPS) is 12.3. The lowest BCUT2D eigenvalue weighted by Gasteiger charge is -2.03. The van der Waals surface area contributed by atoms with Gasteiger partial charge in [0, 0.05) is 0 Å². The molecule has 0 heterocycles. The highest BCUT2D eigenvalue weighted by atomic mass is 16.4. The molecule has 0 aromatic heterocycles. The van der Waals surface area contributed by atoms with E-state index in [9.17, 15) is 14.7 Å². The van der Waals surface area contributed by atoms with Gasteiger partial charge in [-0.25, -0.2) is 0 Å². The van der Waals surface area contributed by atoms with Crippen LogP contribution >= 0.6 is 0 Å². The highest BCUT2D eigenvalue weighted by molar-refractivity contribution is 6.09. The molecule has 0 atom stereocenters. The minimum atomic E-state index is -1.18. The van der Waals surface area contributed by atoms with Crippen molar-refractivity contribution in [3.63, 3.8) is 0 Å². The number of carboxylic acid groups (broad SMARTS) is 1. The van der Waals surface area contributed by atoms with E-state index in [-0.39, 0.29) is 11.3 Å². The number of hydrogen-bond donors (Lipinski definition) is 2. The molecule has 2 N–H and O–H groups in total. The summed E-state index contributed by atoms with van der Waals surface area (Å²) >= 11 is 0. The smallest absolute Gasteiger partial charge is 0.308 e. The number of aliphatic hydroxyl groups is 1. The lowest BCUT2D eigenvalue weighted by Crippen LogP contribution is -2.08. The van der Waals surface area contributed by atoms with Gasteiger partial charge in [-0.05, 0) is 23.3 Å². The Morgan fingerprint density at radius 1 is 0.760 bits per heavy atom. The van der Waals surface area contributed by atoms with Gasteiger partial charge in [-0.3, -0.25) is 9.59 Å². The Labute approximate surface area is 146 Å². The number of aliphatic hydroxyl groups excluding tert-OH is 1. The van der Waals surface area contributed by atoms with Gasteiger partial charge in [0.15, 0.2) is 5.78 Å². The lowest BCUT2D eigenvalue weighted by atomic mass is 10.0. The maximum absolute atomic E-state index is 12.3. The molecule has 2 rings (SSSR count). The van der Waals surface area contributed by atoms with E-state index < -0.39 is 18.2 Å². The van der Waals surface area contributed by atoms with Crippen molar-refractivity contribution in [1.29, 1.82) is 0 Å². The second-order valence-corrected chi connectivity index (χ2v) is 5.29. The molecule has 0 aliphatic rings. The summed E-state index contributed by atoms with van der Waals surface area (Å²) in [7, 11) is 0. The van der Waals surface area contributed by atoms with Gasteiger partial charge in [0.1, 0.15) is 5.76 Å². The van der Waals surface area contributed by atoms with Crippen LogP contribution < -0.4 is 0 Å². The molecule has 4 heteroatoms. The van der Waals surface area contributed by atoms with Gasteiger partial charge in [-0.2, -0.15) is 0 Å². The summed E-state index contributed by atoms with van der Waals surface area (Å²) in [6.45, 7) is 0. The number of benzene rings is 2. The van der Waals surface area contributed by atoms with Crippen molar-refractivity contribution in [2.75, 3.05) is 0 Å². The first-order valence-electron chi connectivity index (χ1n) is 7.71. The van der Waals surface area contributed by atoms with Gasteiger partial charge in [0.2, 0.25) is 0 Å². The summed E-state index contributed by atoms with van der Waals surface area (Å²) in [6, 6.07) is 18.4. The van der Waals surface area contributed by atoms with Crippen molar-refractivity contribution < 1.29 is 19.8 Å². The van der Waals surface area contributed by atoms with Crippen molar-refractivity contribution in [2.24, 2.45) is 0 Å². The molecule has 4 nitrogen and oxygen atoms in total. The van der Waals surface area contributed by atoms with E-state index in [0.29, 0.717) is 0 Å². The summed E-state index contributed by atoms with van der Waals surface area (Å²) in [5, 5.41) is 19.2. The van der Waals surface area contributed by atoms with E-state index in [2.05, 4.69) is 0 Å². The van der Waals surface area contributed by atoms with Crippen LogP contribution in [0, 0.1) is 0 Å². The fraction of sp³-hybridized carbons (Fsp3) is 0.0476. The maximum atomic E-state index is 12.3. The topological polar surface area (TPSA) is 74.6 Å². The second-order valence-electron chi connectivity index (χ2n) is 5.29. The molecule has 0 saturated carbocycles. The number of carbonyl (C=O) groups is 2. The molecule has 0 unspecified atom stereocenters. The zero-order chi connectivity index (χ0) is 18.1. The predicted molar refractivity (Wildman–Crippen MR) is 97.9 cm³/mol. The number of rotatable bonds is 7. The maximum Gasteiger partial charge on any atom is 0.308 e. The zero-order valence-corrected chi connectivity index (χ0v) is 13.5. The average Bonchev–Trinajstić information content (AvgIpc) is 2.64. The van der Waals surface area contributed by atoms with Crippen LogP contribution in [0.2, 0.25) is 0 Å². The van der Waals surface area contributed by atoms with Gasteiger partial charge in [-0.15, -0.1) is 0 Å². The molecule has 2 aromatic rings. The molecule has 0 amide bonds. The molecular formula is C21H18O4. The summed E-state index contributed by atoms with van der Waals surface area (Å²) in [6.07, 6.45) is 5.24. The van der Waals surface area contributed by atoms with E-state index in [1.165, 1.54) is 12.2 Å². The molecule has 0 aliphatic carbocycles. The largest absolute Gasteiger partial charge is 0.508 e. The highest BCUT2D eigenvalue weighted by Crippen LogP contribution is 2.14. The Balaban J connectivity index is 2.24. The van der Waals surface area contributed by atoms with E-state index in [0.717, 1.165) is 11.1 Å². The van der Waals surface area contributed by atoms with Crippen LogP contribution in [0.1, 0.15) is 17.5 Å². The van der Waals surface area contributed by atoms with Gasteiger partial charge in [0.25, 0.3) is 0 Å². The second kappa shape index (κ2) is 9.03. The number of hydrogen-bond acceptors (Lipinski definition) is 3. The summed E-state index contributed by atoms with van der Waals surface area (Å²) in [5.74, 6) is -2.08. The summed E-state index contributed by atoms with van der Waals surface area (Å²) in [4.78, 5) is 23.3. The third-order valence-electron chi connectivity index (χ3n) is 3.39. The van der Waals surface area contributed by atoms with Crippen LogP contribution in [0.25, 0.3) is 12.2 Å². The summed E-state index contributed by atoms with van der Waals surface area (Å²) < 4.78 is 0. The zero-order valence-electron chi connectivity index (χ0n) is 13.5. The number of carboxylic acids is 1. The van der Waals surface area contributed by atoms with E-state index in [1.807, 2.05) is 60.7 Å². The lowest BCUT2D eigenvalue weighted by molar-refractivity contribution is -0.136. The fourth-order valence-electron chi connectivity index (χ4n) is 2.13. The minimum Gasteiger partial charge on any atom is -0.508 e. The first kappa shape index (κ1) is 17.9. The van der Waals surface area contributed by atoms with Crippen LogP contribution in [-0.4, -0.2) is 22.0 Å². The average molecular weight is 334 g/mol. The monoisotopic (exact) mass is 334 g/mol. The molecule has 126 valence electrons. The Hall–Kier alpha value is -3.40. The SMILES string of the molecule is O=C(O)C/C(C(=O)/C=C/c1ccccc1)=C(O)\C=C\c1ccccc1. The third kappa shape index (κ3) is 5.95. The fourth-order valence-corrected chi connectivity index (χ4v) is 2.13. The molecular weight excluding hydrogens is 316 g/mol. The van der Waals surface area contributed by atoms with Crippen molar-refractivity contribution in [3.05, 3.63) is 95.3 Å². The molecule has 0 saturated heterocycles. The van der Waals surface area contributed by atoms with Crippen LogP contribution in [0.4, 0.5) is 0 Å². The molecule has 0 aliphatic heterocycles. The van der Waals surface area contributed by atoms with Crippen LogP contribution in [0.5, 0.6) is 0 Å². The van der Waals surface area contributed by atoms with Crippen molar-refractivity contribution in [1.82, 2.24) is 0 Å². The van der Waals surface area contributed by atoms with Crippen molar-refractivity contribution >= 4 is 23.9 Å². The standard InChI is InChI=1S/C21H18O4/c22-19(13-11-16-7-3-1-4-8-16)18(15-21(24)25)20(23)14-12-17-9-5-2-6-10-17/h1-14,22H,15H2,(H,24,25)/b13-11+,14-12+,19-18-. The first-order valence-corrected chi connectivity index (χ1v) is 7.71. The molecule has 25 heavy (non-hydrogen) atoms. The van der Waals surface area contributed by atoms with Crippen molar-refractivity contribution in [2.45, 2.75) is 6.42 Å². The minimum absolute atomic E-state index is 0.160. The summed E-state index contributed by atoms with van der Waals surface area (Å²) in [5.41, 5.74) is 1.48. The molecule has 2 aromatic carbocycles. The molecule has 0 fully saturated rings. The van der Waals surface area contributed by atoms with Gasteiger partial charge in [0.05, 0.1) is 12.0 Å². The van der Waals surface area contributed by atoms with Gasteiger partial charge < -0.3 is 10.2 Å². The first-order chi connectivity index (χ1) is 12.1. The van der Waals surface area contributed by atoms with E-state index in [1.54, 1.807) is 12.2 Å². The Bertz CT molecular complexity index is 815. The van der Waals surface area contributed by atoms with E-state index >= 15 is 0 Å². The number of allylic oxidation sites excluding steroid dienone is 2. The number of carbonyl (C=O) groups excluding carboxylic acids is 1. The number of aliphatic carboxylic acids is 1. The van der Waals surface area contributed by atoms with Crippen LogP contribution in [0.15, 0.2) is 84.1 Å². The Morgan fingerprint density at radius 3 is 1.72 bits per heavy atom. The Morgan fingerprint density at radius 2 is 1.24 bits per heavy atom. The molecule has 0 spiro atoms. The molecule has 0 bridgehead atoms. The van der Waals surface area contributed by atoms with Crippen LogP contribution in [-0.2, 0) is 9.59 Å². The highest BCUT2D eigenvalue weighted by Gasteiger charge is 2.15. The number of ketones is 1. The van der Waals surface area contributed by atoms with Gasteiger partial charge >= 0.3 is 5.97 Å². The van der Waals surface area contributed by atoms with Gasteiger partial charge in [-0.1, -0.05) is 72.8 Å². The Kier molecular flexibility index (Phi) is 6.48. The third-order valence-corrected chi connectivity index (χ3v) is 3.39. The quantitative estimate of drug-likeness (QED) is 0.450. The van der Waals surface area contributed by atoms with E-state index in [4.69, 9.17) is 5.11 Å². The predicted octanol–water partition coefficient (Wildman–Crippen LogP) is 4.27.